The van der Waals surface area contributed by atoms with Crippen LogP contribution in [-0.2, 0) is 30.3 Å². The lowest BCUT2D eigenvalue weighted by Crippen LogP contribution is -2.52. The second kappa shape index (κ2) is 8.08. The topological polar surface area (TPSA) is 77.8 Å². The van der Waals surface area contributed by atoms with Gasteiger partial charge in [-0.05, 0) is 5.56 Å². The third kappa shape index (κ3) is 5.04. The van der Waals surface area contributed by atoms with Gasteiger partial charge in [0.05, 0.1) is 19.1 Å². The fraction of sp³-hybridized carbons (Fsp3) is 0.529. The standard InChI is InChI=1S/C17H23NO5/c1-11-16(23-13(3)19)15(10-21-17(11)22-12(2)18)20-9-14-7-5-4-6-8-14/h4-8,11,15-18H,9-10H2,1-3H3/t11?,15-,16?,17?/m1/s1. The molecule has 6 heteroatoms. The van der Waals surface area contributed by atoms with Crippen molar-refractivity contribution in [1.82, 2.24) is 0 Å². The van der Waals surface area contributed by atoms with E-state index in [9.17, 15) is 4.79 Å². The first-order valence-corrected chi connectivity index (χ1v) is 7.63. The minimum atomic E-state index is -0.617. The van der Waals surface area contributed by atoms with Gasteiger partial charge >= 0.3 is 5.97 Å². The lowest BCUT2D eigenvalue weighted by Gasteiger charge is -2.39. The van der Waals surface area contributed by atoms with E-state index in [1.807, 2.05) is 37.3 Å². The SMILES string of the molecule is CC(=N)OC1OC[C@@H](OCc2ccccc2)C(OC(C)=O)C1C. The molecule has 0 spiro atoms. The largest absolute Gasteiger partial charge is 0.459 e. The molecule has 1 N–H and O–H groups in total. The van der Waals surface area contributed by atoms with Crippen molar-refractivity contribution < 1.29 is 23.7 Å². The highest BCUT2D eigenvalue weighted by Crippen LogP contribution is 2.27. The molecule has 1 heterocycles. The molecular weight excluding hydrogens is 298 g/mol. The summed E-state index contributed by atoms with van der Waals surface area (Å²) in [6.07, 6.45) is -1.47. The van der Waals surface area contributed by atoms with Gasteiger partial charge in [-0.2, -0.15) is 0 Å². The Balaban J connectivity index is 2.02. The molecule has 0 aromatic heterocycles. The van der Waals surface area contributed by atoms with Crippen molar-refractivity contribution in [3.05, 3.63) is 35.9 Å². The Morgan fingerprint density at radius 1 is 1.26 bits per heavy atom. The van der Waals surface area contributed by atoms with Gasteiger partial charge in [-0.15, -0.1) is 0 Å². The Morgan fingerprint density at radius 3 is 2.57 bits per heavy atom. The van der Waals surface area contributed by atoms with Gasteiger partial charge < -0.3 is 18.9 Å². The lowest BCUT2D eigenvalue weighted by molar-refractivity contribution is -0.240. The van der Waals surface area contributed by atoms with E-state index in [0.29, 0.717) is 6.61 Å². The average Bonchev–Trinajstić information content (AvgIpc) is 2.50. The molecule has 1 aromatic carbocycles. The minimum Gasteiger partial charge on any atom is -0.459 e. The molecule has 1 aromatic rings. The summed E-state index contributed by atoms with van der Waals surface area (Å²) in [4.78, 5) is 11.4. The zero-order chi connectivity index (χ0) is 16.8. The van der Waals surface area contributed by atoms with E-state index in [0.717, 1.165) is 5.56 Å². The Bertz CT molecular complexity index is 533. The second-order valence-corrected chi connectivity index (χ2v) is 5.64. The van der Waals surface area contributed by atoms with Crippen molar-refractivity contribution in [2.75, 3.05) is 6.61 Å². The molecule has 1 aliphatic rings. The fourth-order valence-corrected chi connectivity index (χ4v) is 2.54. The Hall–Kier alpha value is -1.92. The summed E-state index contributed by atoms with van der Waals surface area (Å²) in [5.74, 6) is -0.553. The molecule has 3 unspecified atom stereocenters. The molecule has 126 valence electrons. The number of carbonyl (C=O) groups excluding carboxylic acids is 1. The van der Waals surface area contributed by atoms with Crippen molar-refractivity contribution in [2.45, 2.75) is 45.9 Å². The Labute approximate surface area is 136 Å². The van der Waals surface area contributed by atoms with Gasteiger partial charge in [-0.3, -0.25) is 10.2 Å². The van der Waals surface area contributed by atoms with E-state index < -0.39 is 12.4 Å². The van der Waals surface area contributed by atoms with Gasteiger partial charge in [0.2, 0.25) is 6.29 Å². The third-order valence-corrected chi connectivity index (χ3v) is 3.64. The second-order valence-electron chi connectivity index (χ2n) is 5.64. The fourth-order valence-electron chi connectivity index (χ4n) is 2.54. The summed E-state index contributed by atoms with van der Waals surface area (Å²) in [6.45, 7) is 5.42. The number of benzene rings is 1. The number of carbonyl (C=O) groups is 1. The zero-order valence-corrected chi connectivity index (χ0v) is 13.7. The number of hydrogen-bond donors (Lipinski definition) is 1. The normalized spacial score (nSPS) is 27.3. The maximum Gasteiger partial charge on any atom is 0.303 e. The highest BCUT2D eigenvalue weighted by atomic mass is 16.7. The van der Waals surface area contributed by atoms with E-state index in [1.165, 1.54) is 13.8 Å². The van der Waals surface area contributed by atoms with Crippen LogP contribution in [0.3, 0.4) is 0 Å². The summed E-state index contributed by atoms with van der Waals surface area (Å²) in [5, 5.41) is 7.43. The molecule has 0 bridgehead atoms. The van der Waals surface area contributed by atoms with Crippen molar-refractivity contribution in [3.63, 3.8) is 0 Å². The average molecular weight is 321 g/mol. The summed E-state index contributed by atoms with van der Waals surface area (Å²) < 4.78 is 22.3. The summed E-state index contributed by atoms with van der Waals surface area (Å²) in [5.41, 5.74) is 1.04. The van der Waals surface area contributed by atoms with Crippen LogP contribution in [0.4, 0.5) is 0 Å². The monoisotopic (exact) mass is 321 g/mol. The maximum absolute atomic E-state index is 11.4. The number of rotatable bonds is 5. The van der Waals surface area contributed by atoms with E-state index >= 15 is 0 Å². The van der Waals surface area contributed by atoms with Crippen LogP contribution in [0.1, 0.15) is 26.3 Å². The zero-order valence-electron chi connectivity index (χ0n) is 13.7. The van der Waals surface area contributed by atoms with Gasteiger partial charge in [0.1, 0.15) is 12.2 Å². The van der Waals surface area contributed by atoms with Gasteiger partial charge in [0, 0.05) is 13.8 Å². The molecule has 0 saturated carbocycles. The van der Waals surface area contributed by atoms with Gasteiger partial charge in [0.25, 0.3) is 0 Å². The highest BCUT2D eigenvalue weighted by molar-refractivity contribution is 5.69. The quantitative estimate of drug-likeness (QED) is 0.512. The molecule has 0 aliphatic carbocycles. The van der Waals surface area contributed by atoms with Crippen LogP contribution in [-0.4, -0.2) is 37.0 Å². The van der Waals surface area contributed by atoms with E-state index in [4.69, 9.17) is 24.4 Å². The smallest absolute Gasteiger partial charge is 0.303 e. The number of ether oxygens (including phenoxy) is 4. The highest BCUT2D eigenvalue weighted by Gasteiger charge is 2.42. The molecular formula is C17H23NO5. The molecule has 1 fully saturated rings. The predicted molar refractivity (Wildman–Crippen MR) is 84.0 cm³/mol. The van der Waals surface area contributed by atoms with Crippen molar-refractivity contribution in [3.8, 4) is 0 Å². The van der Waals surface area contributed by atoms with Crippen LogP contribution < -0.4 is 0 Å². The molecule has 0 radical (unpaired) electrons. The number of hydrogen-bond acceptors (Lipinski definition) is 6. The summed E-state index contributed by atoms with van der Waals surface area (Å²) in [7, 11) is 0. The number of esters is 1. The first-order valence-electron chi connectivity index (χ1n) is 7.63. The van der Waals surface area contributed by atoms with Crippen molar-refractivity contribution in [1.29, 1.82) is 5.41 Å². The van der Waals surface area contributed by atoms with E-state index in [-0.39, 0.29) is 30.5 Å². The van der Waals surface area contributed by atoms with Crippen LogP contribution in [0, 0.1) is 11.3 Å². The van der Waals surface area contributed by atoms with Crippen LogP contribution in [0.15, 0.2) is 30.3 Å². The molecule has 1 saturated heterocycles. The first kappa shape index (κ1) is 17.4. The molecule has 23 heavy (non-hydrogen) atoms. The Morgan fingerprint density at radius 2 is 1.96 bits per heavy atom. The number of nitrogens with one attached hydrogen (secondary N) is 1. The molecule has 1 aliphatic heterocycles. The van der Waals surface area contributed by atoms with Crippen molar-refractivity contribution >= 4 is 11.9 Å². The molecule has 2 rings (SSSR count). The molecule has 6 nitrogen and oxygen atoms in total. The van der Waals surface area contributed by atoms with Crippen LogP contribution in [0.2, 0.25) is 0 Å². The van der Waals surface area contributed by atoms with Crippen LogP contribution >= 0.6 is 0 Å². The molecule has 4 atom stereocenters. The lowest BCUT2D eigenvalue weighted by atomic mass is 9.96. The third-order valence-electron chi connectivity index (χ3n) is 3.64. The van der Waals surface area contributed by atoms with E-state index in [1.54, 1.807) is 0 Å². The van der Waals surface area contributed by atoms with E-state index in [2.05, 4.69) is 0 Å². The maximum atomic E-state index is 11.4. The van der Waals surface area contributed by atoms with Gasteiger partial charge in [0.15, 0.2) is 5.90 Å². The van der Waals surface area contributed by atoms with Gasteiger partial charge in [-0.1, -0.05) is 37.3 Å². The predicted octanol–water partition coefficient (Wildman–Crippen LogP) is 2.51. The Kier molecular flexibility index (Phi) is 6.12. The summed E-state index contributed by atoms with van der Waals surface area (Å²) in [6, 6.07) is 9.77. The van der Waals surface area contributed by atoms with Crippen molar-refractivity contribution in [2.24, 2.45) is 5.92 Å². The van der Waals surface area contributed by atoms with Gasteiger partial charge in [-0.25, -0.2) is 0 Å². The van der Waals surface area contributed by atoms with Crippen LogP contribution in [0.25, 0.3) is 0 Å². The first-order chi connectivity index (χ1) is 11.0. The molecule has 0 amide bonds. The summed E-state index contributed by atoms with van der Waals surface area (Å²) >= 11 is 0. The minimum absolute atomic E-state index is 0.0621. The van der Waals surface area contributed by atoms with Crippen LogP contribution in [0.5, 0.6) is 0 Å².